The third-order valence-corrected chi connectivity index (χ3v) is 12.2. The van der Waals surface area contributed by atoms with Crippen LogP contribution in [0.4, 0.5) is 11.4 Å². The normalized spacial score (nSPS) is 23.8. The van der Waals surface area contributed by atoms with Crippen LogP contribution in [0.5, 0.6) is 5.75 Å². The molecule has 2 unspecified atom stereocenters. The second-order valence-corrected chi connectivity index (χ2v) is 14.8. The predicted octanol–water partition coefficient (Wildman–Crippen LogP) is 6.62. The van der Waals surface area contributed by atoms with Gasteiger partial charge in [-0.2, -0.15) is 0 Å². The van der Waals surface area contributed by atoms with Crippen molar-refractivity contribution in [3.05, 3.63) is 92.0 Å². The molecule has 0 radical (unpaired) electrons. The summed E-state index contributed by atoms with van der Waals surface area (Å²) in [6.45, 7) is 11.5. The molecule has 2 bridgehead atoms. The minimum Gasteiger partial charge on any atom is -0.494 e. The number of hydrogen-bond donors (Lipinski definition) is 1. The number of hydrogen-bond acceptors (Lipinski definition) is 6. The van der Waals surface area contributed by atoms with E-state index in [0.29, 0.717) is 39.1 Å². The number of aliphatic hydroxyl groups excluding tert-OH is 1. The van der Waals surface area contributed by atoms with Gasteiger partial charge in [0.1, 0.15) is 11.8 Å². The van der Waals surface area contributed by atoms with Gasteiger partial charge in [0.15, 0.2) is 0 Å². The molecule has 3 heterocycles. The molecule has 3 aromatic rings. The summed E-state index contributed by atoms with van der Waals surface area (Å²) in [6.07, 6.45) is 8.02. The van der Waals surface area contributed by atoms with Crippen molar-refractivity contribution in [1.29, 1.82) is 0 Å². The molecule has 3 aromatic carbocycles. The molecule has 0 saturated carbocycles. The van der Waals surface area contributed by atoms with Crippen molar-refractivity contribution in [2.24, 2.45) is 11.8 Å². The third-order valence-electron chi connectivity index (χ3n) is 10.3. The molecule has 3 aliphatic rings. The van der Waals surface area contributed by atoms with E-state index in [1.165, 1.54) is 0 Å². The highest BCUT2D eigenvalue weighted by atomic mass is 32.2. The molecule has 5 atom stereocenters. The molecule has 3 fully saturated rings. The van der Waals surface area contributed by atoms with Gasteiger partial charge in [0.05, 0.1) is 23.2 Å². The van der Waals surface area contributed by atoms with Crippen LogP contribution < -0.4 is 14.5 Å². The maximum atomic E-state index is 15.0. The van der Waals surface area contributed by atoms with E-state index in [0.717, 1.165) is 53.6 Å². The van der Waals surface area contributed by atoms with Crippen LogP contribution >= 0.6 is 11.8 Å². The second kappa shape index (κ2) is 15.2. The first-order chi connectivity index (χ1) is 23.9. The number of ether oxygens (including phenoxy) is 1. The summed E-state index contributed by atoms with van der Waals surface area (Å²) in [4.78, 5) is 49.7. The summed E-state index contributed by atoms with van der Waals surface area (Å²) in [5.74, 6) is -0.764. The maximum Gasteiger partial charge on any atom is 0.251 e. The highest BCUT2D eigenvalue weighted by Crippen LogP contribution is 2.67. The van der Waals surface area contributed by atoms with Gasteiger partial charge in [-0.15, -0.1) is 24.9 Å². The Balaban J connectivity index is 1.36. The lowest BCUT2D eigenvalue weighted by Crippen LogP contribution is -2.55. The Hall–Kier alpha value is -4.08. The van der Waals surface area contributed by atoms with Crippen molar-refractivity contribution in [2.45, 2.75) is 61.5 Å². The Kier molecular flexibility index (Phi) is 10.8. The zero-order valence-corrected chi connectivity index (χ0v) is 29.2. The molecule has 3 saturated heterocycles. The maximum absolute atomic E-state index is 15.0. The second-order valence-electron chi connectivity index (χ2n) is 13.2. The van der Waals surface area contributed by atoms with E-state index >= 15 is 4.79 Å². The number of amides is 3. The topological polar surface area (TPSA) is 90.4 Å². The number of fused-ring (bicyclic) bond motifs is 2. The van der Waals surface area contributed by atoms with Gasteiger partial charge in [-0.1, -0.05) is 55.3 Å². The first kappa shape index (κ1) is 34.8. The van der Waals surface area contributed by atoms with E-state index in [9.17, 15) is 14.7 Å². The van der Waals surface area contributed by atoms with Gasteiger partial charge in [0.25, 0.3) is 5.91 Å². The van der Waals surface area contributed by atoms with Gasteiger partial charge in [0, 0.05) is 42.9 Å². The molecule has 0 aliphatic carbocycles. The lowest BCUT2D eigenvalue weighted by molar-refractivity contribution is -0.139. The predicted molar refractivity (Wildman–Crippen MR) is 198 cm³/mol. The van der Waals surface area contributed by atoms with Gasteiger partial charge in [0.2, 0.25) is 11.8 Å². The van der Waals surface area contributed by atoms with Gasteiger partial charge in [-0.3, -0.25) is 14.4 Å². The number of carbonyl (C=O) groups excluding carboxylic acids is 3. The van der Waals surface area contributed by atoms with Crippen LogP contribution in [0.3, 0.4) is 0 Å². The van der Waals surface area contributed by atoms with Crippen molar-refractivity contribution in [1.82, 2.24) is 4.90 Å². The Morgan fingerprint density at radius 3 is 2.31 bits per heavy atom. The summed E-state index contributed by atoms with van der Waals surface area (Å²) in [7, 11) is 0. The average molecular weight is 682 g/mol. The molecule has 1 N–H and O–H groups in total. The van der Waals surface area contributed by atoms with Crippen LogP contribution in [0.2, 0.25) is 0 Å². The Bertz CT molecular complexity index is 1690. The number of nitrogens with zero attached hydrogens (tertiary/aromatic N) is 3. The number of benzene rings is 3. The minimum atomic E-state index is -0.709. The molecular weight excluding hydrogens is 635 g/mol. The van der Waals surface area contributed by atoms with Crippen molar-refractivity contribution >= 4 is 51.6 Å². The number of likely N-dealkylation sites (tertiary alicyclic amines) is 1. The van der Waals surface area contributed by atoms with Crippen LogP contribution in [-0.2, 0) is 14.4 Å². The van der Waals surface area contributed by atoms with Crippen LogP contribution in [0.1, 0.15) is 45.4 Å². The molecule has 0 aromatic heterocycles. The van der Waals surface area contributed by atoms with Crippen molar-refractivity contribution in [2.75, 3.05) is 42.6 Å². The molecule has 1 spiro atoms. The number of carbonyl (C=O) groups is 3. The summed E-state index contributed by atoms with van der Waals surface area (Å²) in [5.41, 5.74) is 1.49. The number of unbranched alkanes of at least 4 members (excludes halogenated alkanes) is 3. The minimum absolute atomic E-state index is 0.0630. The van der Waals surface area contributed by atoms with Crippen molar-refractivity contribution in [3.8, 4) is 5.75 Å². The smallest absolute Gasteiger partial charge is 0.251 e. The van der Waals surface area contributed by atoms with Crippen LogP contribution in [0.15, 0.2) is 92.0 Å². The third kappa shape index (κ3) is 6.51. The fourth-order valence-electron chi connectivity index (χ4n) is 8.17. The van der Waals surface area contributed by atoms with Crippen LogP contribution in [0, 0.1) is 11.8 Å². The highest BCUT2D eigenvalue weighted by Gasteiger charge is 2.74. The van der Waals surface area contributed by atoms with Crippen LogP contribution in [0.25, 0.3) is 10.8 Å². The van der Waals surface area contributed by atoms with E-state index in [1.807, 2.05) is 73.7 Å². The van der Waals surface area contributed by atoms with Crippen LogP contribution in [-0.4, -0.2) is 76.6 Å². The summed E-state index contributed by atoms with van der Waals surface area (Å²) in [6, 6.07) is 20.8. The van der Waals surface area contributed by atoms with E-state index in [-0.39, 0.29) is 29.6 Å². The van der Waals surface area contributed by atoms with E-state index in [4.69, 9.17) is 4.74 Å². The molecule has 3 amide bonds. The highest BCUT2D eigenvalue weighted by molar-refractivity contribution is 8.02. The Labute approximate surface area is 293 Å². The molecular formula is C40H47N3O5S. The number of anilines is 2. The zero-order valence-electron chi connectivity index (χ0n) is 28.3. The molecule has 8 nitrogen and oxygen atoms in total. The number of thioether (sulfide) groups is 1. The summed E-state index contributed by atoms with van der Waals surface area (Å²) in [5, 5.41) is 11.4. The fourth-order valence-corrected chi connectivity index (χ4v) is 10.4. The fraction of sp³-hybridized carbons (Fsp3) is 0.425. The zero-order chi connectivity index (χ0) is 34.5. The average Bonchev–Trinajstić information content (AvgIpc) is 3.76. The van der Waals surface area contributed by atoms with Crippen molar-refractivity contribution in [3.63, 3.8) is 0 Å². The molecule has 6 rings (SSSR count). The Morgan fingerprint density at radius 2 is 1.61 bits per heavy atom. The number of rotatable bonds is 16. The quantitative estimate of drug-likeness (QED) is 0.135. The SMILES string of the molecule is C=CCN(C(=O)C1N(CCCCCCO)C(=O)[C@@H]2[C@@H](C(=O)N(CC=C)c3ccc(OCC)cc3)[C@H]3CCC12S3)c1ccc2ccccc2c1. The Morgan fingerprint density at radius 1 is 0.939 bits per heavy atom. The largest absolute Gasteiger partial charge is 0.494 e. The van der Waals surface area contributed by atoms with Gasteiger partial charge >= 0.3 is 0 Å². The van der Waals surface area contributed by atoms with E-state index in [2.05, 4.69) is 13.2 Å². The van der Waals surface area contributed by atoms with Gasteiger partial charge in [-0.05, 0) is 79.8 Å². The van der Waals surface area contributed by atoms with Gasteiger partial charge in [-0.25, -0.2) is 0 Å². The van der Waals surface area contributed by atoms with Gasteiger partial charge < -0.3 is 24.5 Å². The lowest BCUT2D eigenvalue weighted by atomic mass is 9.70. The van der Waals surface area contributed by atoms with E-state index in [1.54, 1.807) is 38.6 Å². The van der Waals surface area contributed by atoms with Crippen molar-refractivity contribution < 1.29 is 24.2 Å². The summed E-state index contributed by atoms with van der Waals surface area (Å²) < 4.78 is 4.92. The monoisotopic (exact) mass is 681 g/mol. The standard InChI is InChI=1S/C40H47N3O5S/c1-4-23-41(30-17-19-32(20-18-30)48-6-3)37(45)34-33-21-22-40(49-33)35(34)38(46)43(25-11-7-8-12-26-44)36(40)39(47)42(24-5-2)31-16-15-28-13-9-10-14-29(28)27-31/h4-5,9-10,13-20,27,33-36,44H,1-2,6-8,11-12,21-26H2,3H3/t33-,34+,35+,36?,40?/m1/s1. The lowest BCUT2D eigenvalue weighted by Gasteiger charge is -2.37. The molecule has 258 valence electrons. The molecule has 3 aliphatic heterocycles. The number of aliphatic hydroxyl groups is 1. The first-order valence-electron chi connectivity index (χ1n) is 17.5. The first-order valence-corrected chi connectivity index (χ1v) is 18.4. The summed E-state index contributed by atoms with van der Waals surface area (Å²) >= 11 is 1.69. The molecule has 49 heavy (non-hydrogen) atoms. The molecule has 9 heteroatoms. The van der Waals surface area contributed by atoms with E-state index < -0.39 is 22.6 Å².